The van der Waals surface area contributed by atoms with Gasteiger partial charge in [0, 0.05) is 47.4 Å². The van der Waals surface area contributed by atoms with Gasteiger partial charge in [-0.15, -0.1) is 0 Å². The zero-order chi connectivity index (χ0) is 10.3. The highest BCUT2D eigenvalue weighted by Gasteiger charge is 2.27. The smallest absolute Gasteiger partial charge is 0.0477 e. The minimum atomic E-state index is 0.333. The summed E-state index contributed by atoms with van der Waals surface area (Å²) in [6, 6.07) is 3.72. The largest absolute Gasteiger partial charge is 0.374 e. The summed E-state index contributed by atoms with van der Waals surface area (Å²) in [4.78, 5) is 2.14. The third-order valence-corrected chi connectivity index (χ3v) is 3.20. The van der Waals surface area contributed by atoms with Crippen molar-refractivity contribution in [2.75, 3.05) is 25.0 Å². The minimum Gasteiger partial charge on any atom is -0.374 e. The van der Waals surface area contributed by atoms with Gasteiger partial charge in [0.15, 0.2) is 0 Å². The molecule has 0 amide bonds. The van der Waals surface area contributed by atoms with E-state index in [1.165, 1.54) is 0 Å². The average Bonchev–Trinajstić information content (AvgIpc) is 2.43. The van der Waals surface area contributed by atoms with Crippen molar-refractivity contribution in [1.29, 1.82) is 0 Å². The summed E-state index contributed by atoms with van der Waals surface area (Å²) in [5.41, 5.74) is 7.95. The Kier molecular flexibility index (Phi) is 2.60. The molecule has 0 radical (unpaired) electrons. The van der Waals surface area contributed by atoms with Crippen molar-refractivity contribution in [2.45, 2.75) is 5.92 Å². The Bertz CT molecular complexity index is 365. The molecule has 0 spiro atoms. The van der Waals surface area contributed by atoms with E-state index in [1.807, 2.05) is 13.1 Å². The summed E-state index contributed by atoms with van der Waals surface area (Å²) in [6.45, 7) is 1.55. The normalized spacial score (nSPS) is 20.0. The predicted octanol–water partition coefficient (Wildman–Crippen LogP) is 2.49. The zero-order valence-electron chi connectivity index (χ0n) is 7.93. The number of likely N-dealkylation sites (N-methyl/N-ethyl adjacent to an activating group) is 1. The molecule has 1 aliphatic rings. The van der Waals surface area contributed by atoms with Gasteiger partial charge in [-0.2, -0.15) is 0 Å². The second-order valence-corrected chi connectivity index (χ2v) is 4.48. The van der Waals surface area contributed by atoms with Gasteiger partial charge in [-0.3, -0.25) is 0 Å². The molecule has 1 atom stereocenters. The highest BCUT2D eigenvalue weighted by Crippen LogP contribution is 2.41. The molecule has 2 N–H and O–H groups in total. The molecule has 2 rings (SSSR count). The van der Waals surface area contributed by atoms with E-state index in [4.69, 9.17) is 28.9 Å². The van der Waals surface area contributed by atoms with E-state index in [1.54, 1.807) is 6.07 Å². The quantitative estimate of drug-likeness (QED) is 0.804. The maximum Gasteiger partial charge on any atom is 0.0477 e. The Morgan fingerprint density at radius 3 is 2.86 bits per heavy atom. The topological polar surface area (TPSA) is 29.3 Å². The molecule has 0 bridgehead atoms. The van der Waals surface area contributed by atoms with Gasteiger partial charge in [-0.05, 0) is 12.1 Å². The summed E-state index contributed by atoms with van der Waals surface area (Å²) in [6.07, 6.45) is 0. The molecule has 0 aromatic heterocycles. The molecule has 4 heteroatoms. The lowest BCUT2D eigenvalue weighted by Gasteiger charge is -2.12. The number of rotatable bonds is 1. The van der Waals surface area contributed by atoms with Crippen LogP contribution in [0.15, 0.2) is 12.1 Å². The van der Waals surface area contributed by atoms with Gasteiger partial charge in [0.05, 0.1) is 0 Å². The van der Waals surface area contributed by atoms with Crippen molar-refractivity contribution in [3.8, 4) is 0 Å². The lowest BCUT2D eigenvalue weighted by atomic mass is 10.0. The molecular weight excluding hydrogens is 219 g/mol. The Hall–Kier alpha value is -0.440. The van der Waals surface area contributed by atoms with Crippen LogP contribution in [0.3, 0.4) is 0 Å². The first kappa shape index (κ1) is 10.1. The molecule has 1 heterocycles. The standard InChI is InChI=1S/C10H12Cl2N2/c1-14-5-6(4-13)10-8(12)2-7(11)3-9(10)14/h2-3,6H,4-5,13H2,1H3. The summed E-state index contributed by atoms with van der Waals surface area (Å²) >= 11 is 12.1. The van der Waals surface area contributed by atoms with E-state index >= 15 is 0 Å². The summed E-state index contributed by atoms with van der Waals surface area (Å²) < 4.78 is 0. The molecule has 1 aromatic rings. The van der Waals surface area contributed by atoms with Crippen LogP contribution in [0.1, 0.15) is 11.5 Å². The van der Waals surface area contributed by atoms with E-state index in [9.17, 15) is 0 Å². The van der Waals surface area contributed by atoms with Crippen molar-refractivity contribution in [2.24, 2.45) is 5.73 Å². The highest BCUT2D eigenvalue weighted by atomic mass is 35.5. The van der Waals surface area contributed by atoms with Crippen molar-refractivity contribution >= 4 is 28.9 Å². The Morgan fingerprint density at radius 2 is 2.21 bits per heavy atom. The Balaban J connectivity index is 2.56. The Labute approximate surface area is 93.6 Å². The van der Waals surface area contributed by atoms with Crippen molar-refractivity contribution in [1.82, 2.24) is 0 Å². The first-order valence-corrected chi connectivity index (χ1v) is 5.29. The molecule has 2 nitrogen and oxygen atoms in total. The van der Waals surface area contributed by atoms with Gasteiger partial charge >= 0.3 is 0 Å². The number of anilines is 1. The van der Waals surface area contributed by atoms with E-state index in [0.717, 1.165) is 22.8 Å². The molecule has 0 saturated heterocycles. The number of hydrogen-bond donors (Lipinski definition) is 1. The first-order chi connectivity index (χ1) is 6.63. The second kappa shape index (κ2) is 3.61. The van der Waals surface area contributed by atoms with Crippen LogP contribution in [0, 0.1) is 0 Å². The molecule has 0 fully saturated rings. The van der Waals surface area contributed by atoms with Crippen LogP contribution in [0.4, 0.5) is 5.69 Å². The lowest BCUT2D eigenvalue weighted by molar-refractivity contribution is 0.730. The lowest BCUT2D eigenvalue weighted by Crippen LogP contribution is -2.20. The van der Waals surface area contributed by atoms with E-state index in [2.05, 4.69) is 4.90 Å². The SMILES string of the molecule is CN1CC(CN)c2c(Cl)cc(Cl)cc21. The van der Waals surface area contributed by atoms with Gasteiger partial charge in [0.2, 0.25) is 0 Å². The van der Waals surface area contributed by atoms with Crippen LogP contribution in [0.2, 0.25) is 10.0 Å². The van der Waals surface area contributed by atoms with Crippen molar-refractivity contribution in [3.05, 3.63) is 27.7 Å². The van der Waals surface area contributed by atoms with Crippen LogP contribution in [-0.4, -0.2) is 20.1 Å². The molecular formula is C10H12Cl2N2. The van der Waals surface area contributed by atoms with Gasteiger partial charge < -0.3 is 10.6 Å². The molecule has 1 unspecified atom stereocenters. The maximum absolute atomic E-state index is 6.15. The minimum absolute atomic E-state index is 0.333. The van der Waals surface area contributed by atoms with Crippen LogP contribution < -0.4 is 10.6 Å². The van der Waals surface area contributed by atoms with Crippen molar-refractivity contribution < 1.29 is 0 Å². The monoisotopic (exact) mass is 230 g/mol. The number of nitrogens with zero attached hydrogens (tertiary/aromatic N) is 1. The Morgan fingerprint density at radius 1 is 1.50 bits per heavy atom. The fourth-order valence-corrected chi connectivity index (χ4v) is 2.64. The molecule has 1 aromatic carbocycles. The molecule has 14 heavy (non-hydrogen) atoms. The van der Waals surface area contributed by atoms with Crippen LogP contribution in [0.25, 0.3) is 0 Å². The van der Waals surface area contributed by atoms with Gasteiger partial charge in [0.1, 0.15) is 0 Å². The number of hydrogen-bond acceptors (Lipinski definition) is 2. The first-order valence-electron chi connectivity index (χ1n) is 4.53. The molecule has 76 valence electrons. The molecule has 0 aliphatic carbocycles. The zero-order valence-corrected chi connectivity index (χ0v) is 9.44. The molecule has 0 saturated carbocycles. The van der Waals surface area contributed by atoms with Crippen LogP contribution >= 0.6 is 23.2 Å². The van der Waals surface area contributed by atoms with Crippen LogP contribution in [-0.2, 0) is 0 Å². The summed E-state index contributed by atoms with van der Waals surface area (Å²) in [7, 11) is 2.03. The van der Waals surface area contributed by atoms with Gasteiger partial charge in [-0.25, -0.2) is 0 Å². The second-order valence-electron chi connectivity index (χ2n) is 3.63. The molecule has 1 aliphatic heterocycles. The third kappa shape index (κ3) is 1.48. The number of halogens is 2. The number of nitrogens with two attached hydrogens (primary N) is 1. The van der Waals surface area contributed by atoms with Gasteiger partial charge in [0.25, 0.3) is 0 Å². The highest BCUT2D eigenvalue weighted by molar-refractivity contribution is 6.35. The van der Waals surface area contributed by atoms with E-state index in [-0.39, 0.29) is 0 Å². The van der Waals surface area contributed by atoms with E-state index in [0.29, 0.717) is 17.5 Å². The fraction of sp³-hybridized carbons (Fsp3) is 0.400. The predicted molar refractivity (Wildman–Crippen MR) is 61.5 cm³/mol. The van der Waals surface area contributed by atoms with E-state index < -0.39 is 0 Å². The fourth-order valence-electron chi connectivity index (χ4n) is 2.00. The van der Waals surface area contributed by atoms with Gasteiger partial charge in [-0.1, -0.05) is 23.2 Å². The maximum atomic E-state index is 6.15. The number of fused-ring (bicyclic) bond motifs is 1. The third-order valence-electron chi connectivity index (χ3n) is 2.67. The van der Waals surface area contributed by atoms with Crippen LogP contribution in [0.5, 0.6) is 0 Å². The summed E-state index contributed by atoms with van der Waals surface area (Å²) in [5.74, 6) is 0.333. The summed E-state index contributed by atoms with van der Waals surface area (Å²) in [5, 5.41) is 1.41. The number of benzene rings is 1. The average molecular weight is 231 g/mol. The van der Waals surface area contributed by atoms with Crippen molar-refractivity contribution in [3.63, 3.8) is 0 Å².